The van der Waals surface area contributed by atoms with E-state index in [0.29, 0.717) is 6.04 Å². The van der Waals surface area contributed by atoms with Gasteiger partial charge in [-0.2, -0.15) is 0 Å². The smallest absolute Gasteiger partial charge is 0.323 e. The van der Waals surface area contributed by atoms with E-state index < -0.39 is 11.6 Å². The van der Waals surface area contributed by atoms with Crippen molar-refractivity contribution in [3.63, 3.8) is 0 Å². The molecule has 0 heterocycles. The molecule has 5 heteroatoms. The van der Waals surface area contributed by atoms with E-state index in [0.717, 1.165) is 12.8 Å². The highest BCUT2D eigenvalue weighted by molar-refractivity contribution is 5.80. The third-order valence-corrected chi connectivity index (χ3v) is 2.27. The van der Waals surface area contributed by atoms with Gasteiger partial charge < -0.3 is 10.1 Å². The van der Waals surface area contributed by atoms with Crippen molar-refractivity contribution in [2.75, 3.05) is 6.54 Å². The van der Waals surface area contributed by atoms with Crippen molar-refractivity contribution in [1.29, 1.82) is 0 Å². The predicted molar refractivity (Wildman–Crippen MR) is 64.5 cm³/mol. The van der Waals surface area contributed by atoms with Crippen molar-refractivity contribution in [3.8, 4) is 0 Å². The second kappa shape index (κ2) is 5.49. The molecule has 1 saturated carbocycles. The third-order valence-electron chi connectivity index (χ3n) is 2.27. The number of hydrogen-bond acceptors (Lipinski definition) is 4. The topological polar surface area (TPSA) is 67.4 Å². The van der Waals surface area contributed by atoms with Crippen LogP contribution in [0.3, 0.4) is 0 Å². The number of hydrogen-bond donors (Lipinski definition) is 2. The summed E-state index contributed by atoms with van der Waals surface area (Å²) >= 11 is 0. The number of carbonyl (C=O) groups excluding carboxylic acids is 2. The Bertz CT molecular complexity index is 293. The number of esters is 1. The Kier molecular flexibility index (Phi) is 4.51. The maximum atomic E-state index is 11.6. The Labute approximate surface area is 102 Å². The molecule has 0 bridgehead atoms. The maximum Gasteiger partial charge on any atom is 0.323 e. The van der Waals surface area contributed by atoms with E-state index in [1.165, 1.54) is 0 Å². The van der Waals surface area contributed by atoms with Crippen LogP contribution in [0.1, 0.15) is 40.5 Å². The molecule has 5 nitrogen and oxygen atoms in total. The summed E-state index contributed by atoms with van der Waals surface area (Å²) < 4.78 is 5.19. The number of carbonyl (C=O) groups is 2. The Morgan fingerprint density at radius 1 is 1.35 bits per heavy atom. The first kappa shape index (κ1) is 14.0. The van der Waals surface area contributed by atoms with E-state index in [4.69, 9.17) is 4.74 Å². The zero-order valence-electron chi connectivity index (χ0n) is 11.0. The molecule has 0 spiro atoms. The molecule has 2 N–H and O–H groups in total. The molecule has 0 aliphatic heterocycles. The SMILES string of the molecule is CC(NCC(=O)NC1CC1)C(=O)OC(C)(C)C. The zero-order chi connectivity index (χ0) is 13.1. The largest absolute Gasteiger partial charge is 0.459 e. The molecule has 98 valence electrons. The lowest BCUT2D eigenvalue weighted by molar-refractivity contribution is -0.156. The summed E-state index contributed by atoms with van der Waals surface area (Å²) in [4.78, 5) is 23.0. The van der Waals surface area contributed by atoms with Gasteiger partial charge in [0.2, 0.25) is 5.91 Å². The molecular weight excluding hydrogens is 220 g/mol. The van der Waals surface area contributed by atoms with Gasteiger partial charge in [-0.25, -0.2) is 0 Å². The van der Waals surface area contributed by atoms with E-state index in [1.807, 2.05) is 20.8 Å². The lowest BCUT2D eigenvalue weighted by Gasteiger charge is -2.22. The fraction of sp³-hybridized carbons (Fsp3) is 0.833. The molecule has 0 aromatic rings. The summed E-state index contributed by atoms with van der Waals surface area (Å²) in [6, 6.07) is -0.125. The molecule has 0 aromatic heterocycles. The minimum absolute atomic E-state index is 0.0668. The molecule has 0 radical (unpaired) electrons. The number of amides is 1. The van der Waals surface area contributed by atoms with Gasteiger partial charge in [0.1, 0.15) is 11.6 Å². The highest BCUT2D eigenvalue weighted by Crippen LogP contribution is 2.18. The van der Waals surface area contributed by atoms with Crippen molar-refractivity contribution in [3.05, 3.63) is 0 Å². The monoisotopic (exact) mass is 242 g/mol. The van der Waals surface area contributed by atoms with E-state index in [1.54, 1.807) is 6.92 Å². The van der Waals surface area contributed by atoms with Crippen LogP contribution in [0.15, 0.2) is 0 Å². The summed E-state index contributed by atoms with van der Waals surface area (Å²) in [7, 11) is 0. The second-order valence-electron chi connectivity index (χ2n) is 5.48. The van der Waals surface area contributed by atoms with Crippen molar-refractivity contribution < 1.29 is 14.3 Å². The van der Waals surface area contributed by atoms with Gasteiger partial charge in [0.15, 0.2) is 0 Å². The molecule has 17 heavy (non-hydrogen) atoms. The van der Waals surface area contributed by atoms with E-state index in [-0.39, 0.29) is 18.4 Å². The van der Waals surface area contributed by atoms with E-state index in [9.17, 15) is 9.59 Å². The van der Waals surface area contributed by atoms with Gasteiger partial charge in [0.25, 0.3) is 0 Å². The third kappa shape index (κ3) is 6.26. The van der Waals surface area contributed by atoms with Crippen LogP contribution < -0.4 is 10.6 Å². The minimum atomic E-state index is -0.497. The quantitative estimate of drug-likeness (QED) is 0.692. The molecule has 1 fully saturated rings. The fourth-order valence-electron chi connectivity index (χ4n) is 1.23. The molecule has 1 amide bonds. The fourth-order valence-corrected chi connectivity index (χ4v) is 1.23. The Morgan fingerprint density at radius 2 is 1.94 bits per heavy atom. The second-order valence-corrected chi connectivity index (χ2v) is 5.48. The summed E-state index contributed by atoms with van der Waals surface area (Å²) in [6.07, 6.45) is 2.13. The van der Waals surface area contributed by atoms with E-state index in [2.05, 4.69) is 10.6 Å². The van der Waals surface area contributed by atoms with Gasteiger partial charge in [-0.1, -0.05) is 0 Å². The average Bonchev–Trinajstić information content (AvgIpc) is 2.95. The zero-order valence-corrected chi connectivity index (χ0v) is 11.0. The van der Waals surface area contributed by atoms with Gasteiger partial charge in [-0.3, -0.25) is 14.9 Å². The Morgan fingerprint density at radius 3 is 2.41 bits per heavy atom. The number of rotatable bonds is 5. The van der Waals surface area contributed by atoms with Crippen LogP contribution in [0, 0.1) is 0 Å². The molecule has 1 atom stereocenters. The molecule has 1 aliphatic rings. The van der Waals surface area contributed by atoms with Gasteiger partial charge >= 0.3 is 5.97 Å². The van der Waals surface area contributed by atoms with Crippen LogP contribution in [0.25, 0.3) is 0 Å². The highest BCUT2D eigenvalue weighted by Gasteiger charge is 2.25. The van der Waals surface area contributed by atoms with Crippen LogP contribution in [0.4, 0.5) is 0 Å². The van der Waals surface area contributed by atoms with Crippen LogP contribution in [-0.2, 0) is 14.3 Å². The highest BCUT2D eigenvalue weighted by atomic mass is 16.6. The Hall–Kier alpha value is -1.10. The van der Waals surface area contributed by atoms with Gasteiger partial charge in [0.05, 0.1) is 6.54 Å². The van der Waals surface area contributed by atoms with E-state index >= 15 is 0 Å². The van der Waals surface area contributed by atoms with Crippen molar-refractivity contribution in [1.82, 2.24) is 10.6 Å². The van der Waals surface area contributed by atoms with Crippen LogP contribution in [-0.4, -0.2) is 36.1 Å². The summed E-state index contributed by atoms with van der Waals surface area (Å²) in [5.41, 5.74) is -0.497. The summed E-state index contributed by atoms with van der Waals surface area (Å²) in [5.74, 6) is -0.403. The van der Waals surface area contributed by atoms with Gasteiger partial charge in [0, 0.05) is 6.04 Å². The van der Waals surface area contributed by atoms with Gasteiger partial charge in [-0.05, 0) is 40.5 Å². The normalized spacial score (nSPS) is 17.4. The summed E-state index contributed by atoms with van der Waals surface area (Å²) in [5, 5.41) is 5.69. The molecule has 1 rings (SSSR count). The molecule has 0 saturated heterocycles. The molecule has 1 aliphatic carbocycles. The van der Waals surface area contributed by atoms with Crippen molar-refractivity contribution in [2.24, 2.45) is 0 Å². The Balaban J connectivity index is 2.20. The minimum Gasteiger partial charge on any atom is -0.459 e. The maximum absolute atomic E-state index is 11.6. The van der Waals surface area contributed by atoms with Crippen LogP contribution in [0.5, 0.6) is 0 Å². The lowest BCUT2D eigenvalue weighted by atomic mass is 10.2. The first-order valence-electron chi connectivity index (χ1n) is 6.03. The number of nitrogens with one attached hydrogen (secondary N) is 2. The van der Waals surface area contributed by atoms with Crippen molar-refractivity contribution >= 4 is 11.9 Å². The standard InChI is InChI=1S/C12H22N2O3/c1-8(11(16)17-12(2,3)4)13-7-10(15)14-9-5-6-9/h8-9,13H,5-7H2,1-4H3,(H,14,15). The molecule has 1 unspecified atom stereocenters. The average molecular weight is 242 g/mol. The van der Waals surface area contributed by atoms with Crippen LogP contribution in [0.2, 0.25) is 0 Å². The van der Waals surface area contributed by atoms with Crippen molar-refractivity contribution in [2.45, 2.75) is 58.2 Å². The van der Waals surface area contributed by atoms with Gasteiger partial charge in [-0.15, -0.1) is 0 Å². The number of ether oxygens (including phenoxy) is 1. The first-order valence-corrected chi connectivity index (χ1v) is 6.03. The molecular formula is C12H22N2O3. The van der Waals surface area contributed by atoms with Crippen LogP contribution >= 0.6 is 0 Å². The predicted octanol–water partition coefficient (Wildman–Crippen LogP) is 0.585. The lowest BCUT2D eigenvalue weighted by Crippen LogP contribution is -2.44. The molecule has 0 aromatic carbocycles. The summed E-state index contributed by atoms with van der Waals surface area (Å²) in [6.45, 7) is 7.29. The first-order chi connectivity index (χ1) is 7.78.